The summed E-state index contributed by atoms with van der Waals surface area (Å²) in [5.41, 5.74) is 0. The highest BCUT2D eigenvalue weighted by atomic mass is 16.2. The third-order valence-electron chi connectivity index (χ3n) is 2.85. The van der Waals surface area contributed by atoms with Gasteiger partial charge in [-0.3, -0.25) is 9.69 Å². The van der Waals surface area contributed by atoms with E-state index in [0.717, 1.165) is 13.1 Å². The molecule has 3 heteroatoms. The molecule has 1 rings (SSSR count). The molecule has 0 saturated carbocycles. The van der Waals surface area contributed by atoms with E-state index in [1.807, 2.05) is 4.90 Å². The number of nitrogens with zero attached hydrogens (tertiary/aromatic N) is 2. The number of amides is 1. The second-order valence-electron chi connectivity index (χ2n) is 3.81. The van der Waals surface area contributed by atoms with E-state index in [2.05, 4.69) is 32.4 Å². The van der Waals surface area contributed by atoms with E-state index in [-0.39, 0.29) is 5.91 Å². The van der Waals surface area contributed by atoms with Crippen molar-refractivity contribution in [1.82, 2.24) is 9.80 Å². The first-order valence-corrected chi connectivity index (χ1v) is 4.69. The van der Waals surface area contributed by atoms with E-state index in [1.54, 1.807) is 0 Å². The first-order valence-electron chi connectivity index (χ1n) is 4.69. The van der Waals surface area contributed by atoms with Crippen molar-refractivity contribution in [2.45, 2.75) is 25.9 Å². The van der Waals surface area contributed by atoms with Gasteiger partial charge >= 0.3 is 0 Å². The number of likely N-dealkylation sites (N-methyl/N-ethyl adjacent to an activating group) is 1. The summed E-state index contributed by atoms with van der Waals surface area (Å²) >= 11 is 0. The van der Waals surface area contributed by atoms with Crippen LogP contribution in [-0.2, 0) is 4.79 Å². The van der Waals surface area contributed by atoms with Crippen LogP contribution in [0.1, 0.15) is 13.8 Å². The van der Waals surface area contributed by atoms with Gasteiger partial charge in [0.25, 0.3) is 0 Å². The Hall–Kier alpha value is -0.830. The first-order chi connectivity index (χ1) is 6.06. The normalized spacial score (nSPS) is 30.2. The standard InChI is InChI=1S/C10H18N2O/c1-5-10(13)12-6-8(2)11(4)9(3)7-12/h5,8-9H,1,6-7H2,2-4H3. The minimum Gasteiger partial charge on any atom is -0.336 e. The third-order valence-corrected chi connectivity index (χ3v) is 2.85. The maximum atomic E-state index is 11.4. The van der Waals surface area contributed by atoms with Crippen molar-refractivity contribution in [2.75, 3.05) is 20.1 Å². The van der Waals surface area contributed by atoms with E-state index >= 15 is 0 Å². The number of hydrogen-bond acceptors (Lipinski definition) is 2. The molecular weight excluding hydrogens is 164 g/mol. The van der Waals surface area contributed by atoms with Crippen molar-refractivity contribution in [3.8, 4) is 0 Å². The van der Waals surface area contributed by atoms with Gasteiger partial charge in [0.05, 0.1) is 0 Å². The summed E-state index contributed by atoms with van der Waals surface area (Å²) in [6.07, 6.45) is 1.39. The monoisotopic (exact) mass is 182 g/mol. The summed E-state index contributed by atoms with van der Waals surface area (Å²) in [5, 5.41) is 0. The zero-order valence-corrected chi connectivity index (χ0v) is 8.66. The largest absolute Gasteiger partial charge is 0.336 e. The van der Waals surface area contributed by atoms with Gasteiger partial charge < -0.3 is 4.90 Å². The molecule has 0 aromatic heterocycles. The van der Waals surface area contributed by atoms with Crippen molar-refractivity contribution in [1.29, 1.82) is 0 Å². The highest BCUT2D eigenvalue weighted by Gasteiger charge is 2.27. The Balaban J connectivity index is 2.63. The van der Waals surface area contributed by atoms with Gasteiger partial charge in [-0.2, -0.15) is 0 Å². The van der Waals surface area contributed by atoms with Crippen LogP contribution in [0.2, 0.25) is 0 Å². The second kappa shape index (κ2) is 3.92. The average molecular weight is 182 g/mol. The van der Waals surface area contributed by atoms with Crippen LogP contribution in [0.25, 0.3) is 0 Å². The smallest absolute Gasteiger partial charge is 0.246 e. The van der Waals surface area contributed by atoms with Crippen molar-refractivity contribution in [3.05, 3.63) is 12.7 Å². The van der Waals surface area contributed by atoms with Crippen LogP contribution in [0.15, 0.2) is 12.7 Å². The summed E-state index contributed by atoms with van der Waals surface area (Å²) in [4.78, 5) is 15.5. The number of piperazine rings is 1. The van der Waals surface area contributed by atoms with Crippen molar-refractivity contribution in [2.24, 2.45) is 0 Å². The van der Waals surface area contributed by atoms with Crippen LogP contribution >= 0.6 is 0 Å². The fourth-order valence-electron chi connectivity index (χ4n) is 1.71. The van der Waals surface area contributed by atoms with E-state index in [0.29, 0.717) is 12.1 Å². The lowest BCUT2D eigenvalue weighted by molar-refractivity contribution is -0.129. The molecule has 1 aliphatic heterocycles. The van der Waals surface area contributed by atoms with Crippen LogP contribution in [0.4, 0.5) is 0 Å². The van der Waals surface area contributed by atoms with Gasteiger partial charge in [0.2, 0.25) is 5.91 Å². The molecule has 2 atom stereocenters. The Labute approximate surface area is 80.0 Å². The predicted molar refractivity (Wildman–Crippen MR) is 53.5 cm³/mol. The topological polar surface area (TPSA) is 23.6 Å². The van der Waals surface area contributed by atoms with Gasteiger partial charge in [-0.25, -0.2) is 0 Å². The maximum Gasteiger partial charge on any atom is 0.246 e. The molecule has 3 nitrogen and oxygen atoms in total. The predicted octanol–water partition coefficient (Wildman–Crippen LogP) is 0.723. The van der Waals surface area contributed by atoms with Crippen molar-refractivity contribution >= 4 is 5.91 Å². The molecular formula is C10H18N2O. The Kier molecular flexibility index (Phi) is 3.09. The van der Waals surface area contributed by atoms with E-state index in [9.17, 15) is 4.79 Å². The van der Waals surface area contributed by atoms with Crippen LogP contribution in [0, 0.1) is 0 Å². The van der Waals surface area contributed by atoms with Gasteiger partial charge in [-0.1, -0.05) is 6.58 Å². The van der Waals surface area contributed by atoms with E-state index in [4.69, 9.17) is 0 Å². The van der Waals surface area contributed by atoms with Crippen LogP contribution < -0.4 is 0 Å². The second-order valence-corrected chi connectivity index (χ2v) is 3.81. The third kappa shape index (κ3) is 2.10. The van der Waals surface area contributed by atoms with Gasteiger partial charge in [0.15, 0.2) is 0 Å². The quantitative estimate of drug-likeness (QED) is 0.558. The number of carbonyl (C=O) groups excluding carboxylic acids is 1. The molecule has 1 fully saturated rings. The number of carbonyl (C=O) groups is 1. The maximum absolute atomic E-state index is 11.4. The molecule has 0 bridgehead atoms. The zero-order chi connectivity index (χ0) is 10.0. The minimum absolute atomic E-state index is 0.0480. The Morgan fingerprint density at radius 2 is 1.85 bits per heavy atom. The molecule has 13 heavy (non-hydrogen) atoms. The highest BCUT2D eigenvalue weighted by molar-refractivity contribution is 5.87. The highest BCUT2D eigenvalue weighted by Crippen LogP contribution is 2.13. The molecule has 1 aliphatic rings. The summed E-state index contributed by atoms with van der Waals surface area (Å²) in [6.45, 7) is 9.40. The Morgan fingerprint density at radius 1 is 1.38 bits per heavy atom. The summed E-state index contributed by atoms with van der Waals surface area (Å²) < 4.78 is 0. The lowest BCUT2D eigenvalue weighted by Crippen LogP contribution is -2.56. The van der Waals surface area contributed by atoms with Gasteiger partial charge in [-0.05, 0) is 27.0 Å². The lowest BCUT2D eigenvalue weighted by Gasteiger charge is -2.42. The average Bonchev–Trinajstić information content (AvgIpc) is 2.12. The molecule has 0 spiro atoms. The molecule has 1 amide bonds. The fourth-order valence-corrected chi connectivity index (χ4v) is 1.71. The summed E-state index contributed by atoms with van der Waals surface area (Å²) in [6, 6.07) is 0.875. The molecule has 1 saturated heterocycles. The Bertz CT molecular complexity index is 203. The minimum atomic E-state index is 0.0480. The first kappa shape index (κ1) is 10.3. The van der Waals surface area contributed by atoms with Gasteiger partial charge in [0.1, 0.15) is 0 Å². The summed E-state index contributed by atoms with van der Waals surface area (Å²) in [7, 11) is 2.10. The number of hydrogen-bond donors (Lipinski definition) is 0. The lowest BCUT2D eigenvalue weighted by atomic mass is 10.1. The van der Waals surface area contributed by atoms with Crippen LogP contribution in [0.3, 0.4) is 0 Å². The van der Waals surface area contributed by atoms with E-state index in [1.165, 1.54) is 6.08 Å². The number of rotatable bonds is 1. The molecule has 0 radical (unpaired) electrons. The fraction of sp³-hybridized carbons (Fsp3) is 0.700. The van der Waals surface area contributed by atoms with Gasteiger partial charge in [-0.15, -0.1) is 0 Å². The van der Waals surface area contributed by atoms with Crippen molar-refractivity contribution < 1.29 is 4.79 Å². The molecule has 0 aromatic carbocycles. The van der Waals surface area contributed by atoms with Crippen LogP contribution in [-0.4, -0.2) is 47.9 Å². The summed E-state index contributed by atoms with van der Waals surface area (Å²) in [5.74, 6) is 0.0480. The Morgan fingerprint density at radius 3 is 2.23 bits per heavy atom. The SMILES string of the molecule is C=CC(=O)N1CC(C)N(C)C(C)C1. The molecule has 0 N–H and O–H groups in total. The molecule has 0 aromatic rings. The molecule has 1 heterocycles. The van der Waals surface area contributed by atoms with Crippen LogP contribution in [0.5, 0.6) is 0 Å². The van der Waals surface area contributed by atoms with Gasteiger partial charge in [0, 0.05) is 25.2 Å². The van der Waals surface area contributed by atoms with E-state index < -0.39 is 0 Å². The zero-order valence-electron chi connectivity index (χ0n) is 8.66. The molecule has 2 unspecified atom stereocenters. The molecule has 0 aliphatic carbocycles. The molecule has 74 valence electrons. The van der Waals surface area contributed by atoms with Crippen molar-refractivity contribution in [3.63, 3.8) is 0 Å².